The molecular weight excluding hydrogens is 294 g/mol. The standard InChI is InChI=1S/C18H21NO4/c1-21-17-9-12(2-4-15(17)20)8-14(11-19)13-3-5-16-18(10-13)23-7-6-22-16/h2-5,9-10,14,20H,6-8,11,19H2,1H3. The molecule has 0 aromatic heterocycles. The second-order valence-electron chi connectivity index (χ2n) is 5.55. The predicted molar refractivity (Wildman–Crippen MR) is 87.6 cm³/mol. The van der Waals surface area contributed by atoms with Gasteiger partial charge in [-0.3, -0.25) is 0 Å². The largest absolute Gasteiger partial charge is 0.504 e. The molecule has 2 aromatic carbocycles. The summed E-state index contributed by atoms with van der Waals surface area (Å²) in [5.41, 5.74) is 8.15. The molecule has 3 rings (SSSR count). The van der Waals surface area contributed by atoms with Crippen LogP contribution >= 0.6 is 0 Å². The minimum absolute atomic E-state index is 0.139. The number of hydrogen-bond donors (Lipinski definition) is 2. The fourth-order valence-electron chi connectivity index (χ4n) is 2.78. The van der Waals surface area contributed by atoms with Gasteiger partial charge in [-0.15, -0.1) is 0 Å². The van der Waals surface area contributed by atoms with Gasteiger partial charge in [-0.05, 0) is 48.4 Å². The molecule has 0 spiro atoms. The lowest BCUT2D eigenvalue weighted by molar-refractivity contribution is 0.171. The number of rotatable bonds is 5. The summed E-state index contributed by atoms with van der Waals surface area (Å²) in [6.07, 6.45) is 0.757. The fourth-order valence-corrected chi connectivity index (χ4v) is 2.78. The van der Waals surface area contributed by atoms with Gasteiger partial charge in [0.1, 0.15) is 13.2 Å². The number of hydrogen-bond acceptors (Lipinski definition) is 5. The first-order valence-corrected chi connectivity index (χ1v) is 7.66. The van der Waals surface area contributed by atoms with E-state index in [2.05, 4.69) is 0 Å². The minimum Gasteiger partial charge on any atom is -0.504 e. The van der Waals surface area contributed by atoms with E-state index in [1.165, 1.54) is 0 Å². The quantitative estimate of drug-likeness (QED) is 0.886. The molecule has 3 N–H and O–H groups in total. The lowest BCUT2D eigenvalue weighted by Gasteiger charge is -2.22. The Balaban J connectivity index is 1.82. The summed E-state index contributed by atoms with van der Waals surface area (Å²) in [5.74, 6) is 2.32. The monoisotopic (exact) mass is 315 g/mol. The second kappa shape index (κ2) is 6.79. The molecule has 0 saturated carbocycles. The Bertz CT molecular complexity index is 687. The third kappa shape index (κ3) is 3.35. The first-order chi connectivity index (χ1) is 11.2. The van der Waals surface area contributed by atoms with Crippen LogP contribution in [0, 0.1) is 0 Å². The van der Waals surface area contributed by atoms with Gasteiger partial charge in [-0.1, -0.05) is 12.1 Å². The molecule has 0 amide bonds. The highest BCUT2D eigenvalue weighted by molar-refractivity contribution is 5.46. The summed E-state index contributed by atoms with van der Waals surface area (Å²) in [6, 6.07) is 11.3. The van der Waals surface area contributed by atoms with Crippen molar-refractivity contribution >= 4 is 0 Å². The normalized spacial score (nSPS) is 14.3. The van der Waals surface area contributed by atoms with E-state index in [-0.39, 0.29) is 11.7 Å². The van der Waals surface area contributed by atoms with E-state index in [9.17, 15) is 5.11 Å². The highest BCUT2D eigenvalue weighted by Crippen LogP contribution is 2.34. The number of phenolic OH excluding ortho intramolecular Hbond substituents is 1. The zero-order chi connectivity index (χ0) is 16.2. The van der Waals surface area contributed by atoms with Crippen LogP contribution in [0.2, 0.25) is 0 Å². The molecule has 0 aliphatic carbocycles. The van der Waals surface area contributed by atoms with E-state index in [1.807, 2.05) is 30.3 Å². The molecule has 0 fully saturated rings. The van der Waals surface area contributed by atoms with Crippen LogP contribution in [0.1, 0.15) is 17.0 Å². The van der Waals surface area contributed by atoms with Crippen LogP contribution in [0.3, 0.4) is 0 Å². The van der Waals surface area contributed by atoms with Gasteiger partial charge in [0.25, 0.3) is 0 Å². The number of benzene rings is 2. The van der Waals surface area contributed by atoms with Crippen molar-refractivity contribution in [3.05, 3.63) is 47.5 Å². The first-order valence-electron chi connectivity index (χ1n) is 7.66. The number of ether oxygens (including phenoxy) is 3. The zero-order valence-electron chi connectivity index (χ0n) is 13.1. The van der Waals surface area contributed by atoms with Gasteiger partial charge in [-0.25, -0.2) is 0 Å². The van der Waals surface area contributed by atoms with Crippen LogP contribution in [0.5, 0.6) is 23.0 Å². The summed E-state index contributed by atoms with van der Waals surface area (Å²) in [5, 5.41) is 9.70. The Morgan fingerprint density at radius 3 is 2.65 bits per heavy atom. The van der Waals surface area contributed by atoms with E-state index >= 15 is 0 Å². The maximum Gasteiger partial charge on any atom is 0.161 e. The molecular formula is C18H21NO4. The molecule has 1 aliphatic rings. The Morgan fingerprint density at radius 2 is 1.91 bits per heavy atom. The molecule has 5 nitrogen and oxygen atoms in total. The molecule has 1 aliphatic heterocycles. The lowest BCUT2D eigenvalue weighted by atomic mass is 9.91. The van der Waals surface area contributed by atoms with Crippen LogP contribution in [0.4, 0.5) is 0 Å². The summed E-state index contributed by atoms with van der Waals surface area (Å²) < 4.78 is 16.4. The molecule has 2 aromatic rings. The maximum atomic E-state index is 9.70. The van der Waals surface area contributed by atoms with E-state index in [0.717, 1.165) is 29.0 Å². The SMILES string of the molecule is COc1cc(CC(CN)c2ccc3c(c2)OCCO3)ccc1O. The Labute approximate surface area is 135 Å². The van der Waals surface area contributed by atoms with Crippen molar-refractivity contribution in [3.63, 3.8) is 0 Å². The highest BCUT2D eigenvalue weighted by atomic mass is 16.6. The van der Waals surface area contributed by atoms with Crippen LogP contribution in [-0.2, 0) is 6.42 Å². The molecule has 1 atom stereocenters. The third-order valence-electron chi connectivity index (χ3n) is 4.05. The predicted octanol–water partition coefficient (Wildman–Crippen LogP) is 2.46. The average molecular weight is 315 g/mol. The zero-order valence-corrected chi connectivity index (χ0v) is 13.1. The van der Waals surface area contributed by atoms with Gasteiger partial charge >= 0.3 is 0 Å². The molecule has 1 heterocycles. The lowest BCUT2D eigenvalue weighted by Crippen LogP contribution is -2.18. The number of aromatic hydroxyl groups is 1. The van der Waals surface area contributed by atoms with Gasteiger partial charge < -0.3 is 25.1 Å². The molecule has 0 bridgehead atoms. The van der Waals surface area contributed by atoms with Crippen molar-refractivity contribution in [2.24, 2.45) is 5.73 Å². The van der Waals surface area contributed by atoms with Crippen LogP contribution < -0.4 is 19.9 Å². The van der Waals surface area contributed by atoms with Crippen molar-refractivity contribution in [3.8, 4) is 23.0 Å². The fraction of sp³-hybridized carbons (Fsp3) is 0.333. The van der Waals surface area contributed by atoms with Gasteiger partial charge in [0.15, 0.2) is 23.0 Å². The van der Waals surface area contributed by atoms with Crippen LogP contribution in [-0.4, -0.2) is 32.0 Å². The second-order valence-corrected chi connectivity index (χ2v) is 5.55. The van der Waals surface area contributed by atoms with Crippen LogP contribution in [0.15, 0.2) is 36.4 Å². The molecule has 0 saturated heterocycles. The molecule has 23 heavy (non-hydrogen) atoms. The Morgan fingerprint density at radius 1 is 1.13 bits per heavy atom. The van der Waals surface area contributed by atoms with E-state index < -0.39 is 0 Å². The van der Waals surface area contributed by atoms with Crippen molar-refractivity contribution in [1.29, 1.82) is 0 Å². The van der Waals surface area contributed by atoms with Gasteiger partial charge in [0.05, 0.1) is 7.11 Å². The topological polar surface area (TPSA) is 73.9 Å². The van der Waals surface area contributed by atoms with Gasteiger partial charge in [-0.2, -0.15) is 0 Å². The minimum atomic E-state index is 0.139. The summed E-state index contributed by atoms with van der Waals surface area (Å²) >= 11 is 0. The summed E-state index contributed by atoms with van der Waals surface area (Å²) in [7, 11) is 1.54. The first kappa shape index (κ1) is 15.5. The van der Waals surface area contributed by atoms with Crippen molar-refractivity contribution in [2.45, 2.75) is 12.3 Å². The van der Waals surface area contributed by atoms with Crippen molar-refractivity contribution in [2.75, 3.05) is 26.9 Å². The van der Waals surface area contributed by atoms with Crippen molar-refractivity contribution < 1.29 is 19.3 Å². The van der Waals surface area contributed by atoms with E-state index in [4.69, 9.17) is 19.9 Å². The molecule has 5 heteroatoms. The highest BCUT2D eigenvalue weighted by Gasteiger charge is 2.17. The Kier molecular flexibility index (Phi) is 4.57. The average Bonchev–Trinajstić information content (AvgIpc) is 2.60. The number of fused-ring (bicyclic) bond motifs is 1. The number of phenols is 1. The molecule has 122 valence electrons. The Hall–Kier alpha value is -2.40. The number of nitrogens with two attached hydrogens (primary N) is 1. The smallest absolute Gasteiger partial charge is 0.161 e. The summed E-state index contributed by atoms with van der Waals surface area (Å²) in [6.45, 7) is 1.67. The van der Waals surface area contributed by atoms with Crippen LogP contribution in [0.25, 0.3) is 0 Å². The van der Waals surface area contributed by atoms with Crippen molar-refractivity contribution in [1.82, 2.24) is 0 Å². The molecule has 0 radical (unpaired) electrons. The van der Waals surface area contributed by atoms with Gasteiger partial charge in [0, 0.05) is 5.92 Å². The third-order valence-corrected chi connectivity index (χ3v) is 4.05. The summed E-state index contributed by atoms with van der Waals surface area (Å²) in [4.78, 5) is 0. The maximum absolute atomic E-state index is 9.70. The number of methoxy groups -OCH3 is 1. The molecule has 1 unspecified atom stereocenters. The van der Waals surface area contributed by atoms with E-state index in [1.54, 1.807) is 13.2 Å². The van der Waals surface area contributed by atoms with Gasteiger partial charge in [0.2, 0.25) is 0 Å². The van der Waals surface area contributed by atoms with E-state index in [0.29, 0.717) is 25.5 Å².